The van der Waals surface area contributed by atoms with Crippen molar-refractivity contribution >= 4 is 41.6 Å². The number of nitrogens with one attached hydrogen (secondary N) is 6. The number of carbonyl (C=O) groups excluding carboxylic acids is 7. The van der Waals surface area contributed by atoms with Crippen LogP contribution in [0.3, 0.4) is 0 Å². The molecule has 1 aromatic heterocycles. The summed E-state index contributed by atoms with van der Waals surface area (Å²) < 4.78 is 10.6. The molecule has 1 aliphatic rings. The van der Waals surface area contributed by atoms with E-state index in [4.69, 9.17) is 9.47 Å². The van der Waals surface area contributed by atoms with Crippen LogP contribution in [0.1, 0.15) is 106 Å². The Bertz CT molecular complexity index is 1780. The number of hydrogen-bond donors (Lipinski definition) is 7. The van der Waals surface area contributed by atoms with Gasteiger partial charge in [0.05, 0.1) is 18.6 Å². The van der Waals surface area contributed by atoms with Crippen molar-refractivity contribution < 1.29 is 48.1 Å². The highest BCUT2D eigenvalue weighted by Gasteiger charge is 2.40. The molecule has 1 aliphatic heterocycles. The number of carbonyl (C=O) groups is 7. The van der Waals surface area contributed by atoms with Crippen LogP contribution in [-0.4, -0.2) is 117 Å². The number of unbranched alkanes of at least 4 members (excludes halogenated alkanes) is 1. The van der Waals surface area contributed by atoms with Crippen LogP contribution in [-0.2, 0) is 51.1 Å². The monoisotopic (exact) mass is 854 g/mol. The fourth-order valence-corrected chi connectivity index (χ4v) is 6.65. The van der Waals surface area contributed by atoms with Gasteiger partial charge >= 0.3 is 12.1 Å². The van der Waals surface area contributed by atoms with Crippen molar-refractivity contribution in [3.05, 3.63) is 48.0 Å². The van der Waals surface area contributed by atoms with Gasteiger partial charge in [-0.2, -0.15) is 0 Å². The molecular formula is C43H66N8O10. The predicted octanol–water partition coefficient (Wildman–Crippen LogP) is 2.79. The number of aromatic amines is 1. The van der Waals surface area contributed by atoms with Crippen LogP contribution < -0.4 is 26.6 Å². The number of ether oxygens (including phenoxy) is 2. The topological polar surface area (TPSA) is 250 Å². The quantitative estimate of drug-likeness (QED) is 0.0711. The van der Waals surface area contributed by atoms with Crippen LogP contribution >= 0.6 is 0 Å². The van der Waals surface area contributed by atoms with Crippen molar-refractivity contribution in [3.8, 4) is 5.75 Å². The Morgan fingerprint density at radius 1 is 0.869 bits per heavy atom. The molecule has 3 rings (SSSR count). The standard InChI is InChI=1S/C43H66N8O10/c1-10-12-20-60-41(58)27(6)46-37(54)33-14-13-19-51(33)40(57)32(22-29-23-44-24-45-29)48-39(56)35(26(5)11-2)49-36(53)31(21-28-15-17-30(52)18-16-28)47-38(55)34(25(3)4)50-42(59)61-43(7,8)9/h15-18,23-27,31-35,52H,10-14,19-22H2,1-9H3,(H,44,45)(H,46,54)(H,47,55)(H,48,56)(H,49,53)(H,50,59)/t26?,27-,31+,32+,33+,34+,35+/m1/s1. The number of phenols is 1. The summed E-state index contributed by atoms with van der Waals surface area (Å²) in [5.41, 5.74) is 0.216. The Kier molecular flexibility index (Phi) is 19.0. The molecule has 0 radical (unpaired) electrons. The smallest absolute Gasteiger partial charge is 0.408 e. The Morgan fingerprint density at radius 2 is 1.52 bits per heavy atom. The molecule has 7 atom stereocenters. The van der Waals surface area contributed by atoms with Crippen molar-refractivity contribution in [2.45, 2.75) is 149 Å². The van der Waals surface area contributed by atoms with Gasteiger partial charge in [-0.15, -0.1) is 0 Å². The van der Waals surface area contributed by atoms with Crippen molar-refractivity contribution in [2.75, 3.05) is 13.2 Å². The molecule has 61 heavy (non-hydrogen) atoms. The third-order valence-corrected chi connectivity index (χ3v) is 10.3. The van der Waals surface area contributed by atoms with Crippen molar-refractivity contribution in [3.63, 3.8) is 0 Å². The lowest BCUT2D eigenvalue weighted by Crippen LogP contribution is -2.61. The molecule has 6 amide bonds. The van der Waals surface area contributed by atoms with E-state index in [0.717, 1.165) is 6.42 Å². The van der Waals surface area contributed by atoms with Gasteiger partial charge in [0.2, 0.25) is 29.5 Å². The summed E-state index contributed by atoms with van der Waals surface area (Å²) in [5.74, 6) is -4.58. The van der Waals surface area contributed by atoms with E-state index in [9.17, 15) is 38.7 Å². The highest BCUT2D eigenvalue weighted by atomic mass is 16.6. The minimum absolute atomic E-state index is 0.000565. The lowest BCUT2D eigenvalue weighted by Gasteiger charge is -2.32. The predicted molar refractivity (Wildman–Crippen MR) is 226 cm³/mol. The number of H-pyrrole nitrogens is 1. The first-order valence-electron chi connectivity index (χ1n) is 21.2. The lowest BCUT2D eigenvalue weighted by molar-refractivity contribution is -0.148. The first-order valence-corrected chi connectivity index (χ1v) is 21.2. The Balaban J connectivity index is 1.87. The summed E-state index contributed by atoms with van der Waals surface area (Å²) in [6.45, 7) is 16.1. The Morgan fingerprint density at radius 3 is 2.11 bits per heavy atom. The van der Waals surface area contributed by atoms with Crippen molar-refractivity contribution in [2.24, 2.45) is 11.8 Å². The van der Waals surface area contributed by atoms with Gasteiger partial charge in [-0.1, -0.05) is 59.6 Å². The van der Waals surface area contributed by atoms with Crippen molar-refractivity contribution in [1.29, 1.82) is 0 Å². The van der Waals surface area contributed by atoms with Gasteiger partial charge in [-0.05, 0) is 76.5 Å². The molecule has 1 unspecified atom stereocenters. The van der Waals surface area contributed by atoms with E-state index in [0.29, 0.717) is 36.9 Å². The fraction of sp³-hybridized carbons (Fsp3) is 0.628. The van der Waals surface area contributed by atoms with Crippen molar-refractivity contribution in [1.82, 2.24) is 41.5 Å². The van der Waals surface area contributed by atoms with Crippen LogP contribution in [0.5, 0.6) is 5.75 Å². The number of imidazole rings is 1. The van der Waals surface area contributed by atoms with E-state index in [-0.39, 0.29) is 31.7 Å². The van der Waals surface area contributed by atoms with E-state index in [1.54, 1.807) is 59.9 Å². The van der Waals surface area contributed by atoms with E-state index < -0.39 is 95.3 Å². The van der Waals surface area contributed by atoms with Gasteiger partial charge in [-0.3, -0.25) is 24.0 Å². The van der Waals surface area contributed by atoms with Crippen LogP contribution in [0.25, 0.3) is 0 Å². The van der Waals surface area contributed by atoms with Gasteiger partial charge in [0.1, 0.15) is 47.6 Å². The number of aromatic hydroxyl groups is 1. The van der Waals surface area contributed by atoms with Gasteiger partial charge in [0.15, 0.2) is 0 Å². The molecule has 0 spiro atoms. The second kappa shape index (κ2) is 23.4. The largest absolute Gasteiger partial charge is 0.508 e. The summed E-state index contributed by atoms with van der Waals surface area (Å²) in [6.07, 6.45) is 4.92. The molecule has 2 aromatic rings. The first kappa shape index (κ1) is 49.7. The fourth-order valence-electron chi connectivity index (χ4n) is 6.65. The maximum atomic E-state index is 14.3. The average Bonchev–Trinajstić information content (AvgIpc) is 3.91. The van der Waals surface area contributed by atoms with Crippen LogP contribution in [0.4, 0.5) is 4.79 Å². The highest BCUT2D eigenvalue weighted by Crippen LogP contribution is 2.21. The zero-order valence-electron chi connectivity index (χ0n) is 37.0. The van der Waals surface area contributed by atoms with E-state index in [1.165, 1.54) is 30.3 Å². The minimum atomic E-state index is -1.25. The maximum absolute atomic E-state index is 14.3. The molecule has 338 valence electrons. The molecule has 0 aliphatic carbocycles. The average molecular weight is 855 g/mol. The number of benzene rings is 1. The Hall–Kier alpha value is -5.68. The third-order valence-electron chi connectivity index (χ3n) is 10.3. The number of phenolic OH excluding ortho intramolecular Hbond substituents is 1. The van der Waals surface area contributed by atoms with Gasteiger partial charge in [0.25, 0.3) is 0 Å². The van der Waals surface area contributed by atoms with Gasteiger partial charge in [-0.25, -0.2) is 14.6 Å². The van der Waals surface area contributed by atoms with Gasteiger partial charge < -0.3 is 51.0 Å². The zero-order valence-corrected chi connectivity index (χ0v) is 37.0. The second-order valence-electron chi connectivity index (χ2n) is 16.9. The number of amides is 6. The molecule has 18 heteroatoms. The molecule has 1 fully saturated rings. The van der Waals surface area contributed by atoms with Crippen LogP contribution in [0.15, 0.2) is 36.8 Å². The van der Waals surface area contributed by atoms with Gasteiger partial charge in [0, 0.05) is 25.6 Å². The summed E-state index contributed by atoms with van der Waals surface area (Å²) in [6, 6.07) is -0.527. The number of hydrogen-bond acceptors (Lipinski definition) is 11. The number of alkyl carbamates (subject to hydrolysis) is 1. The summed E-state index contributed by atoms with van der Waals surface area (Å²) in [5, 5.41) is 23.5. The molecule has 1 aromatic carbocycles. The molecule has 7 N–H and O–H groups in total. The van der Waals surface area contributed by atoms with Crippen LogP contribution in [0.2, 0.25) is 0 Å². The summed E-state index contributed by atoms with van der Waals surface area (Å²) in [7, 11) is 0. The zero-order chi connectivity index (χ0) is 45.4. The summed E-state index contributed by atoms with van der Waals surface area (Å²) in [4.78, 5) is 104. The SMILES string of the molecule is CCCCOC(=O)[C@@H](C)NC(=O)[C@@H]1CCCN1C(=O)[C@H](Cc1c[nH]cn1)NC(=O)[C@@H](NC(=O)[C@H](Cc1ccc(O)cc1)NC(=O)[C@@H](NC(=O)OC(C)(C)C)C(C)C)C(C)CC. The second-order valence-corrected chi connectivity index (χ2v) is 16.9. The summed E-state index contributed by atoms with van der Waals surface area (Å²) >= 11 is 0. The normalized spacial score (nSPS) is 16.9. The van der Waals surface area contributed by atoms with E-state index in [2.05, 4.69) is 36.6 Å². The van der Waals surface area contributed by atoms with E-state index in [1.807, 2.05) is 13.8 Å². The molecule has 2 heterocycles. The molecule has 0 saturated carbocycles. The number of rotatable bonds is 21. The maximum Gasteiger partial charge on any atom is 0.408 e. The molecule has 0 bridgehead atoms. The number of esters is 1. The molecule has 18 nitrogen and oxygen atoms in total. The number of likely N-dealkylation sites (tertiary alicyclic amines) is 1. The third kappa shape index (κ3) is 15.7. The molecular weight excluding hydrogens is 789 g/mol. The minimum Gasteiger partial charge on any atom is -0.508 e. The number of nitrogens with zero attached hydrogens (tertiary/aromatic N) is 2. The van der Waals surface area contributed by atoms with E-state index >= 15 is 0 Å². The number of aromatic nitrogens is 2. The lowest BCUT2D eigenvalue weighted by atomic mass is 9.96. The highest BCUT2D eigenvalue weighted by molar-refractivity contribution is 5.97. The first-order chi connectivity index (χ1) is 28.7. The molecule has 1 saturated heterocycles. The Labute approximate surface area is 358 Å². The van der Waals surface area contributed by atoms with Crippen LogP contribution in [0, 0.1) is 11.8 Å².